The molecule has 2 fully saturated rings. The van der Waals surface area contributed by atoms with E-state index in [1.807, 2.05) is 6.20 Å². The minimum atomic E-state index is -0.0116. The van der Waals surface area contributed by atoms with E-state index in [2.05, 4.69) is 46.0 Å². The fourth-order valence-corrected chi connectivity index (χ4v) is 4.66. The highest BCUT2D eigenvalue weighted by Gasteiger charge is 2.45. The summed E-state index contributed by atoms with van der Waals surface area (Å²) in [5.74, 6) is 0.848. The average Bonchev–Trinajstić information content (AvgIpc) is 3.13. The lowest BCUT2D eigenvalue weighted by Crippen LogP contribution is -2.42. The van der Waals surface area contributed by atoms with Crippen molar-refractivity contribution in [1.29, 1.82) is 0 Å². The number of aromatic nitrogens is 2. The molecule has 5 rings (SSSR count). The predicted molar refractivity (Wildman–Crippen MR) is 107 cm³/mol. The molecule has 3 aliphatic rings. The largest absolute Gasteiger partial charge is 0.378 e. The molecule has 2 aromatic rings. The first kappa shape index (κ1) is 18.0. The smallest absolute Gasteiger partial charge is 0.225 e. The van der Waals surface area contributed by atoms with Crippen molar-refractivity contribution in [3.8, 4) is 0 Å². The SMILES string of the molecule is Cc1ccc(CN2CC[C@@]3(COCc4cnc(N5CCOCC5)nc43)C2)cc1. The van der Waals surface area contributed by atoms with Crippen LogP contribution in [0.3, 0.4) is 0 Å². The first-order chi connectivity index (χ1) is 13.7. The normalized spacial score (nSPS) is 25.2. The highest BCUT2D eigenvalue weighted by molar-refractivity contribution is 5.39. The van der Waals surface area contributed by atoms with Crippen molar-refractivity contribution >= 4 is 5.95 Å². The molecule has 0 unspecified atom stereocenters. The maximum atomic E-state index is 5.99. The van der Waals surface area contributed by atoms with Gasteiger partial charge in [-0.2, -0.15) is 0 Å². The van der Waals surface area contributed by atoms with Gasteiger partial charge in [0.2, 0.25) is 5.95 Å². The summed E-state index contributed by atoms with van der Waals surface area (Å²) in [6, 6.07) is 8.87. The molecule has 0 N–H and O–H groups in total. The van der Waals surface area contributed by atoms with E-state index in [-0.39, 0.29) is 5.41 Å². The van der Waals surface area contributed by atoms with Crippen molar-refractivity contribution in [3.05, 3.63) is 52.8 Å². The number of aryl methyl sites for hydroxylation is 1. The zero-order valence-corrected chi connectivity index (χ0v) is 16.6. The van der Waals surface area contributed by atoms with Gasteiger partial charge in [0, 0.05) is 37.9 Å². The van der Waals surface area contributed by atoms with Crippen molar-refractivity contribution in [2.75, 3.05) is 50.9 Å². The summed E-state index contributed by atoms with van der Waals surface area (Å²) in [6.45, 7) is 9.79. The monoisotopic (exact) mass is 380 g/mol. The third kappa shape index (κ3) is 3.41. The lowest BCUT2D eigenvalue weighted by Gasteiger charge is -2.35. The Morgan fingerprint density at radius 1 is 1.07 bits per heavy atom. The number of likely N-dealkylation sites (tertiary alicyclic amines) is 1. The van der Waals surface area contributed by atoms with E-state index >= 15 is 0 Å². The fourth-order valence-electron chi connectivity index (χ4n) is 4.66. The lowest BCUT2D eigenvalue weighted by molar-refractivity contribution is 0.0502. The molecule has 148 valence electrons. The Morgan fingerprint density at radius 3 is 2.71 bits per heavy atom. The Kier molecular flexibility index (Phi) is 4.78. The number of nitrogens with zero attached hydrogens (tertiary/aromatic N) is 4. The Bertz CT molecular complexity index is 835. The number of ether oxygens (including phenoxy) is 2. The standard InChI is InChI=1S/C22H28N4O2/c1-17-2-4-18(5-3-17)13-25-7-6-22(15-25)16-28-14-19-12-23-21(24-20(19)22)26-8-10-27-11-9-26/h2-5,12H,6-11,13-16H2,1H3/t22-/m0/s1. The van der Waals surface area contributed by atoms with Gasteiger partial charge in [-0.15, -0.1) is 0 Å². The van der Waals surface area contributed by atoms with Crippen LogP contribution < -0.4 is 4.90 Å². The molecule has 1 spiro atoms. The van der Waals surface area contributed by atoms with Gasteiger partial charge in [-0.1, -0.05) is 29.8 Å². The van der Waals surface area contributed by atoms with Crippen LogP contribution in [0, 0.1) is 6.92 Å². The average molecular weight is 380 g/mol. The zero-order valence-electron chi connectivity index (χ0n) is 16.6. The van der Waals surface area contributed by atoms with Gasteiger partial charge in [-0.3, -0.25) is 4.90 Å². The number of rotatable bonds is 3. The van der Waals surface area contributed by atoms with Gasteiger partial charge in [0.25, 0.3) is 0 Å². The molecular formula is C22H28N4O2. The van der Waals surface area contributed by atoms with Crippen molar-refractivity contribution in [1.82, 2.24) is 14.9 Å². The second-order valence-corrected chi connectivity index (χ2v) is 8.36. The van der Waals surface area contributed by atoms with E-state index in [9.17, 15) is 0 Å². The Morgan fingerprint density at radius 2 is 1.89 bits per heavy atom. The molecule has 6 heteroatoms. The Balaban J connectivity index is 1.38. The van der Waals surface area contributed by atoms with Crippen LogP contribution in [0.2, 0.25) is 0 Å². The van der Waals surface area contributed by atoms with Crippen LogP contribution in [-0.2, 0) is 28.0 Å². The maximum absolute atomic E-state index is 5.99. The molecule has 1 atom stereocenters. The van der Waals surface area contributed by atoms with Crippen LogP contribution in [0.15, 0.2) is 30.5 Å². The molecular weight excluding hydrogens is 352 g/mol. The summed E-state index contributed by atoms with van der Waals surface area (Å²) in [7, 11) is 0. The van der Waals surface area contributed by atoms with E-state index < -0.39 is 0 Å². The minimum absolute atomic E-state index is 0.0116. The van der Waals surface area contributed by atoms with Gasteiger partial charge in [-0.25, -0.2) is 9.97 Å². The van der Waals surface area contributed by atoms with Gasteiger partial charge >= 0.3 is 0 Å². The molecule has 3 aliphatic heterocycles. The number of hydrogen-bond acceptors (Lipinski definition) is 6. The van der Waals surface area contributed by atoms with Crippen molar-refractivity contribution in [3.63, 3.8) is 0 Å². The van der Waals surface area contributed by atoms with Gasteiger partial charge in [0.15, 0.2) is 0 Å². The number of anilines is 1. The molecule has 1 aromatic heterocycles. The summed E-state index contributed by atoms with van der Waals surface area (Å²) < 4.78 is 11.5. The zero-order chi connectivity index (χ0) is 19.0. The van der Waals surface area contributed by atoms with Crippen LogP contribution in [-0.4, -0.2) is 60.9 Å². The summed E-state index contributed by atoms with van der Waals surface area (Å²) in [5.41, 5.74) is 5.03. The van der Waals surface area contributed by atoms with E-state index in [1.54, 1.807) is 0 Å². The molecule has 0 bridgehead atoms. The maximum Gasteiger partial charge on any atom is 0.225 e. The van der Waals surface area contributed by atoms with Crippen molar-refractivity contribution < 1.29 is 9.47 Å². The number of morpholine rings is 1. The topological polar surface area (TPSA) is 50.7 Å². The highest BCUT2D eigenvalue weighted by Crippen LogP contribution is 2.40. The molecule has 0 amide bonds. The van der Waals surface area contributed by atoms with E-state index in [4.69, 9.17) is 14.5 Å². The molecule has 28 heavy (non-hydrogen) atoms. The first-order valence-corrected chi connectivity index (χ1v) is 10.3. The molecule has 4 heterocycles. The molecule has 0 saturated carbocycles. The summed E-state index contributed by atoms with van der Waals surface area (Å²) >= 11 is 0. The Labute approximate surface area is 166 Å². The molecule has 2 saturated heterocycles. The number of hydrogen-bond donors (Lipinski definition) is 0. The van der Waals surface area contributed by atoms with Crippen molar-refractivity contribution in [2.24, 2.45) is 0 Å². The molecule has 0 radical (unpaired) electrons. The van der Waals surface area contributed by atoms with Crippen LogP contribution in [0.1, 0.15) is 28.8 Å². The summed E-state index contributed by atoms with van der Waals surface area (Å²) in [5, 5.41) is 0. The molecule has 1 aromatic carbocycles. The molecule has 6 nitrogen and oxygen atoms in total. The first-order valence-electron chi connectivity index (χ1n) is 10.3. The van der Waals surface area contributed by atoms with Gasteiger partial charge in [-0.05, 0) is 25.5 Å². The third-order valence-corrected chi connectivity index (χ3v) is 6.24. The van der Waals surface area contributed by atoms with E-state index in [1.165, 1.54) is 16.8 Å². The molecule has 0 aliphatic carbocycles. The predicted octanol–water partition coefficient (Wildman–Crippen LogP) is 2.30. The van der Waals surface area contributed by atoms with Gasteiger partial charge in [0.1, 0.15) is 0 Å². The van der Waals surface area contributed by atoms with Crippen LogP contribution in [0.5, 0.6) is 0 Å². The number of benzene rings is 1. The summed E-state index contributed by atoms with van der Waals surface area (Å²) in [6.07, 6.45) is 3.07. The summed E-state index contributed by atoms with van der Waals surface area (Å²) in [4.78, 5) is 14.5. The van der Waals surface area contributed by atoms with E-state index in [0.717, 1.165) is 70.5 Å². The van der Waals surface area contributed by atoms with Gasteiger partial charge in [0.05, 0.1) is 37.5 Å². The van der Waals surface area contributed by atoms with Crippen LogP contribution >= 0.6 is 0 Å². The minimum Gasteiger partial charge on any atom is -0.378 e. The second-order valence-electron chi connectivity index (χ2n) is 8.36. The highest BCUT2D eigenvalue weighted by atomic mass is 16.5. The number of fused-ring (bicyclic) bond motifs is 2. The van der Waals surface area contributed by atoms with Crippen molar-refractivity contribution in [2.45, 2.75) is 31.9 Å². The van der Waals surface area contributed by atoms with Gasteiger partial charge < -0.3 is 14.4 Å². The Hall–Kier alpha value is -2.02. The van der Waals surface area contributed by atoms with Crippen LogP contribution in [0.4, 0.5) is 5.95 Å². The third-order valence-electron chi connectivity index (χ3n) is 6.24. The lowest BCUT2D eigenvalue weighted by atomic mass is 9.80. The van der Waals surface area contributed by atoms with Crippen LogP contribution in [0.25, 0.3) is 0 Å². The van der Waals surface area contributed by atoms with E-state index in [0.29, 0.717) is 6.61 Å². The second kappa shape index (κ2) is 7.43. The quantitative estimate of drug-likeness (QED) is 0.814. The fraction of sp³-hybridized carbons (Fsp3) is 0.545.